The molecule has 0 saturated heterocycles. The van der Waals surface area contributed by atoms with Gasteiger partial charge in [-0.3, -0.25) is 9.89 Å². The Labute approximate surface area is 106 Å². The van der Waals surface area contributed by atoms with E-state index < -0.39 is 0 Å². The van der Waals surface area contributed by atoms with E-state index >= 15 is 0 Å². The molecular formula is C11H9N5OS. The number of carbonyl (C=O) groups excluding carboxylic acids is 1. The van der Waals surface area contributed by atoms with Gasteiger partial charge in [0.2, 0.25) is 5.82 Å². The number of amides is 1. The monoisotopic (exact) mass is 259 g/mol. The maximum atomic E-state index is 11.8. The minimum absolute atomic E-state index is 0.136. The van der Waals surface area contributed by atoms with Crippen LogP contribution in [0.25, 0.3) is 10.2 Å². The highest BCUT2D eigenvalue weighted by Gasteiger charge is 2.11. The molecule has 1 aromatic carbocycles. The van der Waals surface area contributed by atoms with Crippen molar-refractivity contribution in [1.82, 2.24) is 20.2 Å². The molecule has 0 aliphatic carbocycles. The molecule has 7 heteroatoms. The molecule has 0 fully saturated rings. The number of nitrogens with zero attached hydrogens (tertiary/aromatic N) is 3. The Morgan fingerprint density at radius 3 is 3.11 bits per heavy atom. The van der Waals surface area contributed by atoms with Crippen molar-refractivity contribution in [3.05, 3.63) is 35.4 Å². The first-order chi connectivity index (χ1) is 8.72. The summed E-state index contributed by atoms with van der Waals surface area (Å²) in [5.74, 6) is 0.415. The molecule has 2 N–H and O–H groups in total. The van der Waals surface area contributed by atoms with Crippen LogP contribution in [0.15, 0.2) is 23.7 Å². The first-order valence-electron chi connectivity index (χ1n) is 5.26. The van der Waals surface area contributed by atoms with E-state index in [-0.39, 0.29) is 11.7 Å². The molecule has 0 saturated carbocycles. The van der Waals surface area contributed by atoms with E-state index in [1.165, 1.54) is 11.3 Å². The average Bonchev–Trinajstić information content (AvgIpc) is 2.96. The van der Waals surface area contributed by atoms with Crippen molar-refractivity contribution in [2.75, 3.05) is 5.32 Å². The Kier molecular flexibility index (Phi) is 2.52. The molecule has 1 amide bonds. The molecule has 6 nitrogen and oxygen atoms in total. The lowest BCUT2D eigenvalue weighted by atomic mass is 10.3. The van der Waals surface area contributed by atoms with Gasteiger partial charge in [-0.15, -0.1) is 16.4 Å². The zero-order valence-corrected chi connectivity index (χ0v) is 10.3. The van der Waals surface area contributed by atoms with Crippen LogP contribution in [0.2, 0.25) is 0 Å². The Balaban J connectivity index is 1.85. The van der Waals surface area contributed by atoms with Gasteiger partial charge in [0.05, 0.1) is 15.7 Å². The summed E-state index contributed by atoms with van der Waals surface area (Å²) in [5, 5.41) is 9.19. The molecule has 2 heterocycles. The number of fused-ring (bicyclic) bond motifs is 1. The number of H-pyrrole nitrogens is 1. The summed E-state index contributed by atoms with van der Waals surface area (Å²) in [5.41, 5.74) is 3.40. The van der Waals surface area contributed by atoms with Gasteiger partial charge in [-0.05, 0) is 25.1 Å². The largest absolute Gasteiger partial charge is 0.319 e. The van der Waals surface area contributed by atoms with Crippen LogP contribution >= 0.6 is 11.3 Å². The predicted molar refractivity (Wildman–Crippen MR) is 68.7 cm³/mol. The van der Waals surface area contributed by atoms with Crippen LogP contribution in [0.5, 0.6) is 0 Å². The van der Waals surface area contributed by atoms with Crippen LogP contribution < -0.4 is 5.32 Å². The van der Waals surface area contributed by atoms with E-state index in [9.17, 15) is 4.79 Å². The molecule has 0 unspecified atom stereocenters. The molecule has 90 valence electrons. The number of carbonyl (C=O) groups is 1. The standard InChI is InChI=1S/C11H9N5OS/c1-6-13-10(16-15-6)11(17)14-7-2-3-8-9(4-7)18-5-12-8/h2-5H,1H3,(H,14,17)(H,13,15,16). The molecule has 18 heavy (non-hydrogen) atoms. The highest BCUT2D eigenvalue weighted by Crippen LogP contribution is 2.21. The average molecular weight is 259 g/mol. The molecule has 0 atom stereocenters. The lowest BCUT2D eigenvalue weighted by Crippen LogP contribution is -2.13. The van der Waals surface area contributed by atoms with Gasteiger partial charge < -0.3 is 5.32 Å². The number of aromatic amines is 1. The predicted octanol–water partition coefficient (Wildman–Crippen LogP) is 1.98. The van der Waals surface area contributed by atoms with Crippen molar-refractivity contribution in [2.24, 2.45) is 0 Å². The molecular weight excluding hydrogens is 250 g/mol. The lowest BCUT2D eigenvalue weighted by molar-refractivity contribution is 0.101. The van der Waals surface area contributed by atoms with Gasteiger partial charge in [0.1, 0.15) is 5.82 Å². The molecule has 0 aliphatic rings. The van der Waals surface area contributed by atoms with E-state index in [0.717, 1.165) is 10.2 Å². The second-order valence-corrected chi connectivity index (χ2v) is 4.62. The topological polar surface area (TPSA) is 83.6 Å². The number of thiazole rings is 1. The maximum Gasteiger partial charge on any atom is 0.295 e. The zero-order valence-electron chi connectivity index (χ0n) is 9.47. The highest BCUT2D eigenvalue weighted by molar-refractivity contribution is 7.16. The summed E-state index contributed by atoms with van der Waals surface area (Å²) in [6.07, 6.45) is 0. The van der Waals surface area contributed by atoms with Crippen molar-refractivity contribution in [3.63, 3.8) is 0 Å². The summed E-state index contributed by atoms with van der Waals surface area (Å²) in [4.78, 5) is 20.0. The molecule has 0 radical (unpaired) electrons. The quantitative estimate of drug-likeness (QED) is 0.737. The highest BCUT2D eigenvalue weighted by atomic mass is 32.1. The van der Waals surface area contributed by atoms with Gasteiger partial charge in [-0.2, -0.15) is 0 Å². The lowest BCUT2D eigenvalue weighted by Gasteiger charge is -2.01. The number of nitrogens with one attached hydrogen (secondary N) is 2. The van der Waals surface area contributed by atoms with Gasteiger partial charge in [0.25, 0.3) is 5.91 Å². The van der Waals surface area contributed by atoms with Gasteiger partial charge in [0.15, 0.2) is 0 Å². The van der Waals surface area contributed by atoms with Crippen LogP contribution in [0, 0.1) is 6.92 Å². The first-order valence-corrected chi connectivity index (χ1v) is 6.14. The summed E-state index contributed by atoms with van der Waals surface area (Å²) in [6, 6.07) is 5.55. The Morgan fingerprint density at radius 1 is 1.44 bits per heavy atom. The maximum absolute atomic E-state index is 11.8. The fourth-order valence-electron chi connectivity index (χ4n) is 1.56. The number of aryl methyl sites for hydroxylation is 1. The fraction of sp³-hybridized carbons (Fsp3) is 0.0909. The van der Waals surface area contributed by atoms with Crippen molar-refractivity contribution in [3.8, 4) is 0 Å². The number of hydrogen-bond acceptors (Lipinski definition) is 5. The number of anilines is 1. The first kappa shape index (κ1) is 10.8. The van der Waals surface area contributed by atoms with Gasteiger partial charge in [-0.25, -0.2) is 9.97 Å². The normalized spacial score (nSPS) is 10.7. The smallest absolute Gasteiger partial charge is 0.295 e. The SMILES string of the molecule is Cc1nc(C(=O)Nc2ccc3ncsc3c2)n[nH]1. The number of rotatable bonds is 2. The van der Waals surface area contributed by atoms with E-state index in [0.29, 0.717) is 11.5 Å². The third-order valence-corrected chi connectivity index (χ3v) is 3.18. The van der Waals surface area contributed by atoms with Crippen molar-refractivity contribution < 1.29 is 4.79 Å². The molecule has 0 spiro atoms. The van der Waals surface area contributed by atoms with Crippen LogP contribution in [0.4, 0.5) is 5.69 Å². The Morgan fingerprint density at radius 2 is 2.33 bits per heavy atom. The minimum Gasteiger partial charge on any atom is -0.319 e. The Hall–Kier alpha value is -2.28. The van der Waals surface area contributed by atoms with Crippen LogP contribution in [-0.4, -0.2) is 26.1 Å². The number of benzene rings is 1. The van der Waals surface area contributed by atoms with Crippen molar-refractivity contribution in [1.29, 1.82) is 0 Å². The van der Waals surface area contributed by atoms with Crippen LogP contribution in [0.3, 0.4) is 0 Å². The molecule has 3 aromatic rings. The third-order valence-electron chi connectivity index (χ3n) is 2.39. The van der Waals surface area contributed by atoms with Crippen LogP contribution in [-0.2, 0) is 0 Å². The van der Waals surface area contributed by atoms with E-state index in [4.69, 9.17) is 0 Å². The molecule has 2 aromatic heterocycles. The Bertz CT molecular complexity index is 717. The molecule has 3 rings (SSSR count). The number of aromatic nitrogens is 4. The minimum atomic E-state index is -0.330. The summed E-state index contributed by atoms with van der Waals surface area (Å²) >= 11 is 1.53. The molecule has 0 aliphatic heterocycles. The van der Waals surface area contributed by atoms with Crippen LogP contribution in [0.1, 0.15) is 16.4 Å². The van der Waals surface area contributed by atoms with Gasteiger partial charge in [-0.1, -0.05) is 0 Å². The molecule has 0 bridgehead atoms. The van der Waals surface area contributed by atoms with Crippen molar-refractivity contribution in [2.45, 2.75) is 6.92 Å². The van der Waals surface area contributed by atoms with E-state index in [2.05, 4.69) is 25.5 Å². The third kappa shape index (κ3) is 1.95. The number of hydrogen-bond donors (Lipinski definition) is 2. The fourth-order valence-corrected chi connectivity index (χ4v) is 2.28. The summed E-state index contributed by atoms with van der Waals surface area (Å²) in [6.45, 7) is 1.74. The van der Waals surface area contributed by atoms with E-state index in [1.54, 1.807) is 18.5 Å². The summed E-state index contributed by atoms with van der Waals surface area (Å²) < 4.78 is 1.03. The van der Waals surface area contributed by atoms with E-state index in [1.807, 2.05) is 12.1 Å². The van der Waals surface area contributed by atoms with Gasteiger partial charge >= 0.3 is 0 Å². The van der Waals surface area contributed by atoms with Crippen molar-refractivity contribution >= 4 is 33.1 Å². The second-order valence-electron chi connectivity index (χ2n) is 3.73. The van der Waals surface area contributed by atoms with Gasteiger partial charge in [0, 0.05) is 5.69 Å². The zero-order chi connectivity index (χ0) is 12.5. The summed E-state index contributed by atoms with van der Waals surface area (Å²) in [7, 11) is 0. The second kappa shape index (κ2) is 4.19.